The maximum absolute atomic E-state index is 11.5. The Hall–Kier alpha value is -0.610. The first-order chi connectivity index (χ1) is 6.13. The smallest absolute Gasteiger partial charge is 0.206 e. The summed E-state index contributed by atoms with van der Waals surface area (Å²) in [5.74, 6) is -0.00204. The molecule has 1 aliphatic rings. The standard InChI is InChI=1S/C9H7BrO2S/c1-9(7(11)2-3-12-9)6-4-8(10)13-5-6/h2-5H,1H3. The van der Waals surface area contributed by atoms with Gasteiger partial charge in [-0.2, -0.15) is 0 Å². The van der Waals surface area contributed by atoms with Gasteiger partial charge in [0.15, 0.2) is 5.60 Å². The molecule has 2 nitrogen and oxygen atoms in total. The zero-order valence-electron chi connectivity index (χ0n) is 6.91. The Kier molecular flexibility index (Phi) is 2.04. The molecule has 1 unspecified atom stereocenters. The van der Waals surface area contributed by atoms with Gasteiger partial charge in [0.2, 0.25) is 5.78 Å². The van der Waals surface area contributed by atoms with Crippen LogP contribution in [0.3, 0.4) is 0 Å². The second-order valence-electron chi connectivity index (χ2n) is 2.96. The van der Waals surface area contributed by atoms with Crippen LogP contribution in [0.25, 0.3) is 0 Å². The first-order valence-electron chi connectivity index (χ1n) is 3.76. The van der Waals surface area contributed by atoms with Crippen molar-refractivity contribution < 1.29 is 9.53 Å². The summed E-state index contributed by atoms with van der Waals surface area (Å²) in [6.07, 6.45) is 2.92. The number of hydrogen-bond donors (Lipinski definition) is 0. The zero-order chi connectivity index (χ0) is 9.47. The van der Waals surface area contributed by atoms with Crippen LogP contribution in [0.4, 0.5) is 0 Å². The van der Waals surface area contributed by atoms with Crippen molar-refractivity contribution in [2.24, 2.45) is 0 Å². The molecule has 0 aromatic carbocycles. The molecule has 0 bridgehead atoms. The summed E-state index contributed by atoms with van der Waals surface area (Å²) in [4.78, 5) is 11.5. The highest BCUT2D eigenvalue weighted by Crippen LogP contribution is 2.35. The maximum atomic E-state index is 11.5. The molecule has 0 fully saturated rings. The van der Waals surface area contributed by atoms with Gasteiger partial charge in [-0.15, -0.1) is 11.3 Å². The minimum atomic E-state index is -0.803. The number of carbonyl (C=O) groups is 1. The molecule has 1 aliphatic heterocycles. The van der Waals surface area contributed by atoms with Crippen molar-refractivity contribution in [3.63, 3.8) is 0 Å². The van der Waals surface area contributed by atoms with Crippen molar-refractivity contribution in [3.8, 4) is 0 Å². The van der Waals surface area contributed by atoms with Crippen LogP contribution in [0.15, 0.2) is 27.6 Å². The minimum Gasteiger partial charge on any atom is -0.482 e. The fourth-order valence-corrected chi connectivity index (χ4v) is 2.47. The molecule has 0 saturated carbocycles. The number of carbonyl (C=O) groups excluding carboxylic acids is 1. The SMILES string of the molecule is CC1(c2csc(Br)c2)OC=CC1=O. The normalized spacial score (nSPS) is 26.5. The van der Waals surface area contributed by atoms with E-state index >= 15 is 0 Å². The lowest BCUT2D eigenvalue weighted by atomic mass is 9.95. The Morgan fingerprint density at radius 3 is 2.85 bits per heavy atom. The fraction of sp³-hybridized carbons (Fsp3) is 0.222. The number of thiophene rings is 1. The third-order valence-electron chi connectivity index (χ3n) is 2.11. The van der Waals surface area contributed by atoms with Crippen molar-refractivity contribution in [1.82, 2.24) is 0 Å². The molecule has 0 aliphatic carbocycles. The lowest BCUT2D eigenvalue weighted by molar-refractivity contribution is -0.128. The summed E-state index contributed by atoms with van der Waals surface area (Å²) in [6.45, 7) is 1.78. The van der Waals surface area contributed by atoms with Crippen LogP contribution in [-0.4, -0.2) is 5.78 Å². The van der Waals surface area contributed by atoms with E-state index < -0.39 is 5.60 Å². The molecule has 1 atom stereocenters. The molecule has 2 heterocycles. The van der Waals surface area contributed by atoms with Gasteiger partial charge in [0.1, 0.15) is 0 Å². The Balaban J connectivity index is 2.41. The summed E-state index contributed by atoms with van der Waals surface area (Å²) in [5.41, 5.74) is 0.0991. The molecular formula is C9H7BrO2S. The molecule has 0 saturated heterocycles. The highest BCUT2D eigenvalue weighted by atomic mass is 79.9. The number of ketones is 1. The van der Waals surface area contributed by atoms with Crippen molar-refractivity contribution in [2.75, 3.05) is 0 Å². The fourth-order valence-electron chi connectivity index (χ4n) is 1.22. The second kappa shape index (κ2) is 2.96. The van der Waals surface area contributed by atoms with E-state index in [0.717, 1.165) is 9.35 Å². The predicted octanol–water partition coefficient (Wildman–Crippen LogP) is 2.84. The Labute approximate surface area is 88.3 Å². The van der Waals surface area contributed by atoms with E-state index in [0.29, 0.717) is 0 Å². The van der Waals surface area contributed by atoms with Crippen LogP contribution in [-0.2, 0) is 15.1 Å². The Morgan fingerprint density at radius 2 is 2.38 bits per heavy atom. The molecule has 1 aromatic rings. The van der Waals surface area contributed by atoms with Crippen molar-refractivity contribution >= 4 is 33.0 Å². The van der Waals surface area contributed by atoms with Gasteiger partial charge in [-0.1, -0.05) is 0 Å². The Morgan fingerprint density at radius 1 is 1.62 bits per heavy atom. The summed E-state index contributed by atoms with van der Waals surface area (Å²) in [6, 6.07) is 1.91. The molecule has 4 heteroatoms. The number of halogens is 1. The predicted molar refractivity (Wildman–Crippen MR) is 54.6 cm³/mol. The zero-order valence-corrected chi connectivity index (χ0v) is 9.31. The van der Waals surface area contributed by atoms with Gasteiger partial charge in [-0.3, -0.25) is 4.79 Å². The summed E-state index contributed by atoms with van der Waals surface area (Å²) in [7, 11) is 0. The number of ether oxygens (including phenoxy) is 1. The highest BCUT2D eigenvalue weighted by molar-refractivity contribution is 9.11. The van der Waals surface area contributed by atoms with Crippen LogP contribution in [0.5, 0.6) is 0 Å². The van der Waals surface area contributed by atoms with Crippen LogP contribution >= 0.6 is 27.3 Å². The van der Waals surface area contributed by atoms with Gasteiger partial charge < -0.3 is 4.74 Å². The quantitative estimate of drug-likeness (QED) is 0.775. The molecule has 0 N–H and O–H groups in total. The average molecular weight is 259 g/mol. The van der Waals surface area contributed by atoms with Crippen LogP contribution in [0.1, 0.15) is 12.5 Å². The molecule has 2 rings (SSSR count). The molecule has 0 amide bonds. The molecule has 68 valence electrons. The molecule has 0 radical (unpaired) electrons. The topological polar surface area (TPSA) is 26.3 Å². The van der Waals surface area contributed by atoms with Gasteiger partial charge in [0.25, 0.3) is 0 Å². The lowest BCUT2D eigenvalue weighted by Crippen LogP contribution is -2.28. The summed E-state index contributed by atoms with van der Waals surface area (Å²) >= 11 is 4.90. The lowest BCUT2D eigenvalue weighted by Gasteiger charge is -2.20. The van der Waals surface area contributed by atoms with Crippen LogP contribution < -0.4 is 0 Å². The van der Waals surface area contributed by atoms with E-state index in [9.17, 15) is 4.79 Å². The number of rotatable bonds is 1. The van der Waals surface area contributed by atoms with E-state index in [4.69, 9.17) is 4.74 Å². The highest BCUT2D eigenvalue weighted by Gasteiger charge is 2.38. The van der Waals surface area contributed by atoms with Gasteiger partial charge >= 0.3 is 0 Å². The largest absolute Gasteiger partial charge is 0.482 e. The van der Waals surface area contributed by atoms with E-state index in [1.54, 1.807) is 18.3 Å². The van der Waals surface area contributed by atoms with Gasteiger partial charge in [-0.05, 0) is 34.3 Å². The maximum Gasteiger partial charge on any atom is 0.206 e. The van der Waals surface area contributed by atoms with Crippen molar-refractivity contribution in [1.29, 1.82) is 0 Å². The van der Waals surface area contributed by atoms with Gasteiger partial charge in [-0.25, -0.2) is 0 Å². The van der Waals surface area contributed by atoms with E-state index in [-0.39, 0.29) is 5.78 Å². The monoisotopic (exact) mass is 258 g/mol. The van der Waals surface area contributed by atoms with Gasteiger partial charge in [0.05, 0.1) is 10.0 Å². The average Bonchev–Trinajstić information content (AvgIpc) is 2.62. The van der Waals surface area contributed by atoms with Crippen molar-refractivity contribution in [2.45, 2.75) is 12.5 Å². The molecule has 0 spiro atoms. The van der Waals surface area contributed by atoms with Gasteiger partial charge in [0, 0.05) is 11.6 Å². The first-order valence-corrected chi connectivity index (χ1v) is 5.43. The van der Waals surface area contributed by atoms with E-state index in [2.05, 4.69) is 15.9 Å². The molecular weight excluding hydrogens is 252 g/mol. The summed E-state index contributed by atoms with van der Waals surface area (Å²) < 4.78 is 6.31. The second-order valence-corrected chi connectivity index (χ2v) is 5.25. The number of hydrogen-bond acceptors (Lipinski definition) is 3. The third kappa shape index (κ3) is 1.34. The Bertz CT molecular complexity index is 383. The third-order valence-corrected chi connectivity index (χ3v) is 3.62. The van der Waals surface area contributed by atoms with Crippen LogP contribution in [0.2, 0.25) is 0 Å². The van der Waals surface area contributed by atoms with Crippen molar-refractivity contribution in [3.05, 3.63) is 33.1 Å². The van der Waals surface area contributed by atoms with Crippen LogP contribution in [0, 0.1) is 0 Å². The van der Waals surface area contributed by atoms with E-state index in [1.165, 1.54) is 12.3 Å². The molecule has 13 heavy (non-hydrogen) atoms. The summed E-state index contributed by atoms with van der Waals surface area (Å²) in [5, 5.41) is 1.93. The first kappa shape index (κ1) is 8.97. The minimum absolute atomic E-state index is 0.00204. The molecule has 1 aromatic heterocycles. The van der Waals surface area contributed by atoms with E-state index in [1.807, 2.05) is 11.4 Å².